The number of nitrogens with zero attached hydrogens (tertiary/aromatic N) is 1. The summed E-state index contributed by atoms with van der Waals surface area (Å²) in [6, 6.07) is 0. The molecule has 0 amide bonds. The number of carbonyl (C=O) groups is 1. The molecule has 64 valence electrons. The molecule has 5 nitrogen and oxygen atoms in total. The second kappa shape index (κ2) is 2.60. The summed E-state index contributed by atoms with van der Waals surface area (Å²) in [7, 11) is 0. The molecule has 0 fully saturated rings. The summed E-state index contributed by atoms with van der Waals surface area (Å²) < 4.78 is 0. The number of carboxylic acids is 1. The molecule has 0 saturated carbocycles. The quantitative estimate of drug-likeness (QED) is 0.562. The van der Waals surface area contributed by atoms with Crippen LogP contribution in [0.2, 0.25) is 0 Å². The van der Waals surface area contributed by atoms with Gasteiger partial charge in [0.15, 0.2) is 0 Å². The minimum absolute atomic E-state index is 0.00745. The van der Waals surface area contributed by atoms with Gasteiger partial charge < -0.3 is 10.4 Å². The van der Waals surface area contributed by atoms with Crippen molar-refractivity contribution >= 4 is 5.97 Å². The first kappa shape index (κ1) is 7.30. The lowest BCUT2D eigenvalue weighted by atomic mass is 10.2. The molecule has 0 saturated heterocycles. The van der Waals surface area contributed by atoms with Crippen molar-refractivity contribution in [3.63, 3.8) is 0 Å². The maximum atomic E-state index is 10.4. The maximum absolute atomic E-state index is 10.4. The van der Waals surface area contributed by atoms with Crippen LogP contribution in [-0.4, -0.2) is 21.3 Å². The molecular formula is C7H9N3O2. The van der Waals surface area contributed by atoms with Crippen LogP contribution >= 0.6 is 0 Å². The van der Waals surface area contributed by atoms with Gasteiger partial charge in [0.25, 0.3) is 0 Å². The van der Waals surface area contributed by atoms with Crippen molar-refractivity contribution in [2.75, 3.05) is 0 Å². The van der Waals surface area contributed by atoms with E-state index in [9.17, 15) is 4.79 Å². The first-order chi connectivity index (χ1) is 5.77. The monoisotopic (exact) mass is 167 g/mol. The zero-order chi connectivity index (χ0) is 8.55. The molecule has 0 unspecified atom stereocenters. The molecule has 3 N–H and O–H groups in total. The van der Waals surface area contributed by atoms with Gasteiger partial charge in [-0.2, -0.15) is 5.10 Å². The first-order valence-electron chi connectivity index (χ1n) is 3.75. The standard InChI is InChI=1S/C7H9N3O2/c11-7(12)1-5-4-2-8-3-6(4)10-9-5/h8H,1-3H2,(H,9,10)(H,11,12). The van der Waals surface area contributed by atoms with Crippen LogP contribution in [0.15, 0.2) is 0 Å². The zero-order valence-electron chi connectivity index (χ0n) is 6.42. The van der Waals surface area contributed by atoms with Crippen LogP contribution in [0, 0.1) is 0 Å². The molecular weight excluding hydrogens is 158 g/mol. The van der Waals surface area contributed by atoms with Crippen LogP contribution in [0.25, 0.3) is 0 Å². The Balaban J connectivity index is 2.27. The Hall–Kier alpha value is -1.36. The van der Waals surface area contributed by atoms with Gasteiger partial charge in [-0.05, 0) is 0 Å². The summed E-state index contributed by atoms with van der Waals surface area (Å²) in [6.07, 6.45) is 0.00745. The van der Waals surface area contributed by atoms with Crippen LogP contribution < -0.4 is 5.32 Å². The van der Waals surface area contributed by atoms with Crippen molar-refractivity contribution in [3.8, 4) is 0 Å². The van der Waals surface area contributed by atoms with E-state index < -0.39 is 5.97 Å². The number of rotatable bonds is 2. The van der Waals surface area contributed by atoms with Gasteiger partial charge in [0.2, 0.25) is 0 Å². The van der Waals surface area contributed by atoms with Crippen LogP contribution in [0.1, 0.15) is 17.0 Å². The fourth-order valence-electron chi connectivity index (χ4n) is 1.40. The Morgan fingerprint density at radius 3 is 3.17 bits per heavy atom. The Morgan fingerprint density at radius 1 is 1.58 bits per heavy atom. The molecule has 1 aliphatic rings. The van der Waals surface area contributed by atoms with Crippen LogP contribution in [-0.2, 0) is 24.3 Å². The lowest BCUT2D eigenvalue weighted by Gasteiger charge is -1.93. The van der Waals surface area contributed by atoms with Gasteiger partial charge >= 0.3 is 5.97 Å². The number of aliphatic carboxylic acids is 1. The highest BCUT2D eigenvalue weighted by atomic mass is 16.4. The van der Waals surface area contributed by atoms with Crippen molar-refractivity contribution in [2.24, 2.45) is 0 Å². The Bertz CT molecular complexity index is 318. The molecule has 1 aromatic heterocycles. The predicted octanol–water partition coefficient (Wildman–Crippen LogP) is -0.360. The molecule has 1 aliphatic heterocycles. The number of nitrogens with one attached hydrogen (secondary N) is 2. The van der Waals surface area contributed by atoms with Crippen molar-refractivity contribution in [2.45, 2.75) is 19.5 Å². The van der Waals surface area contributed by atoms with Crippen molar-refractivity contribution < 1.29 is 9.90 Å². The normalized spacial score (nSPS) is 14.7. The van der Waals surface area contributed by atoms with Crippen molar-refractivity contribution in [3.05, 3.63) is 17.0 Å². The number of carboxylic acid groups (broad SMARTS) is 1. The second-order valence-electron chi connectivity index (χ2n) is 2.80. The number of aromatic amines is 1. The number of H-pyrrole nitrogens is 1. The average molecular weight is 167 g/mol. The van der Waals surface area contributed by atoms with Gasteiger partial charge in [-0.25, -0.2) is 0 Å². The molecule has 0 atom stereocenters. The van der Waals surface area contributed by atoms with Gasteiger partial charge in [-0.3, -0.25) is 9.89 Å². The lowest BCUT2D eigenvalue weighted by Crippen LogP contribution is -2.06. The number of hydrogen-bond donors (Lipinski definition) is 3. The van der Waals surface area contributed by atoms with Crippen molar-refractivity contribution in [1.82, 2.24) is 15.5 Å². The van der Waals surface area contributed by atoms with E-state index in [1.165, 1.54) is 0 Å². The molecule has 0 radical (unpaired) electrons. The fourth-order valence-corrected chi connectivity index (χ4v) is 1.40. The van der Waals surface area contributed by atoms with Crippen LogP contribution in [0.3, 0.4) is 0 Å². The first-order valence-corrected chi connectivity index (χ1v) is 3.75. The minimum atomic E-state index is -0.837. The molecule has 0 aliphatic carbocycles. The summed E-state index contributed by atoms with van der Waals surface area (Å²) in [5, 5.41) is 18.4. The molecule has 2 rings (SSSR count). The molecule has 5 heteroatoms. The van der Waals surface area contributed by atoms with E-state index >= 15 is 0 Å². The van der Waals surface area contributed by atoms with E-state index in [0.717, 1.165) is 24.3 Å². The molecule has 12 heavy (non-hydrogen) atoms. The summed E-state index contributed by atoms with van der Waals surface area (Å²) in [6.45, 7) is 1.50. The number of hydrogen-bond acceptors (Lipinski definition) is 3. The predicted molar refractivity (Wildman–Crippen MR) is 40.5 cm³/mol. The molecule has 0 aromatic carbocycles. The number of aromatic nitrogens is 2. The zero-order valence-corrected chi connectivity index (χ0v) is 6.42. The van der Waals surface area contributed by atoms with E-state index in [1.807, 2.05) is 0 Å². The SMILES string of the molecule is O=C(O)Cc1n[nH]c2c1CNC2. The summed E-state index contributed by atoms with van der Waals surface area (Å²) >= 11 is 0. The van der Waals surface area contributed by atoms with Crippen LogP contribution in [0.4, 0.5) is 0 Å². The molecule has 2 heterocycles. The summed E-state index contributed by atoms with van der Waals surface area (Å²) in [4.78, 5) is 10.4. The maximum Gasteiger partial charge on any atom is 0.309 e. The van der Waals surface area contributed by atoms with E-state index in [2.05, 4.69) is 15.5 Å². The van der Waals surface area contributed by atoms with Crippen molar-refractivity contribution in [1.29, 1.82) is 0 Å². The third-order valence-electron chi connectivity index (χ3n) is 1.96. The minimum Gasteiger partial charge on any atom is -0.481 e. The fraction of sp³-hybridized carbons (Fsp3) is 0.429. The Kier molecular flexibility index (Phi) is 1.58. The van der Waals surface area contributed by atoms with Gasteiger partial charge in [-0.15, -0.1) is 0 Å². The van der Waals surface area contributed by atoms with E-state index in [-0.39, 0.29) is 6.42 Å². The van der Waals surface area contributed by atoms with Crippen LogP contribution in [0.5, 0.6) is 0 Å². The van der Waals surface area contributed by atoms with E-state index in [1.54, 1.807) is 0 Å². The van der Waals surface area contributed by atoms with Gasteiger partial charge in [-0.1, -0.05) is 0 Å². The largest absolute Gasteiger partial charge is 0.481 e. The summed E-state index contributed by atoms with van der Waals surface area (Å²) in [5.74, 6) is -0.837. The highest BCUT2D eigenvalue weighted by Gasteiger charge is 2.18. The third-order valence-corrected chi connectivity index (χ3v) is 1.96. The van der Waals surface area contributed by atoms with E-state index in [0.29, 0.717) is 5.69 Å². The van der Waals surface area contributed by atoms with Gasteiger partial charge in [0, 0.05) is 18.7 Å². The summed E-state index contributed by atoms with van der Waals surface area (Å²) in [5.41, 5.74) is 2.70. The third kappa shape index (κ3) is 1.08. The molecule has 0 bridgehead atoms. The molecule has 1 aromatic rings. The Labute approximate surface area is 68.8 Å². The topological polar surface area (TPSA) is 78.0 Å². The molecule has 0 spiro atoms. The Morgan fingerprint density at radius 2 is 2.42 bits per heavy atom. The average Bonchev–Trinajstić information content (AvgIpc) is 2.52. The van der Waals surface area contributed by atoms with E-state index in [4.69, 9.17) is 5.11 Å². The van der Waals surface area contributed by atoms with Gasteiger partial charge in [0.1, 0.15) is 0 Å². The highest BCUT2D eigenvalue weighted by Crippen LogP contribution is 2.16. The van der Waals surface area contributed by atoms with Gasteiger partial charge in [0.05, 0.1) is 17.8 Å². The highest BCUT2D eigenvalue weighted by molar-refractivity contribution is 5.70. The number of fused-ring (bicyclic) bond motifs is 1. The smallest absolute Gasteiger partial charge is 0.309 e. The second-order valence-corrected chi connectivity index (χ2v) is 2.80. The lowest BCUT2D eigenvalue weighted by molar-refractivity contribution is -0.136.